The Hall–Kier alpha value is -0.690. The molecular weight excluding hydrogens is 260 g/mol. The third-order valence-corrected chi connectivity index (χ3v) is 3.31. The van der Waals surface area contributed by atoms with E-state index in [2.05, 4.69) is 12.2 Å². The molecule has 0 bridgehead atoms. The molecule has 1 fully saturated rings. The van der Waals surface area contributed by atoms with Crippen molar-refractivity contribution in [2.24, 2.45) is 0 Å². The Morgan fingerprint density at radius 3 is 3.00 bits per heavy atom. The van der Waals surface area contributed by atoms with Crippen LogP contribution in [0.3, 0.4) is 0 Å². The normalized spacial score (nSPS) is 21.6. The minimum absolute atomic E-state index is 0.223. The van der Waals surface area contributed by atoms with Gasteiger partial charge in [0.15, 0.2) is 0 Å². The number of β-amino-alcohol motifs (C(OH)–C–C–N with tert-alkyl or cyclic N) is 1. The lowest BCUT2D eigenvalue weighted by atomic mass is 10.1. The zero-order chi connectivity index (χ0) is 14.8. The fraction of sp³-hybridized carbons (Fsp3) is 0.929. The number of hydrogen-bond acceptors (Lipinski definition) is 6. The van der Waals surface area contributed by atoms with Crippen molar-refractivity contribution in [1.82, 2.24) is 10.2 Å². The minimum Gasteiger partial charge on any atom is -0.465 e. The van der Waals surface area contributed by atoms with E-state index in [4.69, 9.17) is 9.47 Å². The second-order valence-electron chi connectivity index (χ2n) is 5.05. The van der Waals surface area contributed by atoms with Crippen LogP contribution in [0.5, 0.6) is 0 Å². The monoisotopic (exact) mass is 288 g/mol. The van der Waals surface area contributed by atoms with E-state index in [1.54, 1.807) is 6.92 Å². The highest BCUT2D eigenvalue weighted by Gasteiger charge is 2.30. The fourth-order valence-electron chi connectivity index (χ4n) is 2.22. The largest absolute Gasteiger partial charge is 0.465 e. The first kappa shape index (κ1) is 17.4. The zero-order valence-corrected chi connectivity index (χ0v) is 12.6. The number of nitrogens with one attached hydrogen (secondary N) is 1. The summed E-state index contributed by atoms with van der Waals surface area (Å²) in [5.74, 6) is -0.223. The van der Waals surface area contributed by atoms with E-state index in [9.17, 15) is 9.90 Å². The van der Waals surface area contributed by atoms with Crippen LogP contribution >= 0.6 is 0 Å². The molecule has 6 heteroatoms. The number of nitrogens with zero attached hydrogens (tertiary/aromatic N) is 1. The maximum Gasteiger partial charge on any atom is 0.324 e. The van der Waals surface area contributed by atoms with E-state index >= 15 is 0 Å². The van der Waals surface area contributed by atoms with E-state index in [-0.39, 0.29) is 12.0 Å². The van der Waals surface area contributed by atoms with Crippen LogP contribution < -0.4 is 5.32 Å². The Morgan fingerprint density at radius 2 is 2.30 bits per heavy atom. The van der Waals surface area contributed by atoms with Crippen molar-refractivity contribution >= 4 is 5.97 Å². The van der Waals surface area contributed by atoms with Crippen LogP contribution in [0.2, 0.25) is 0 Å². The van der Waals surface area contributed by atoms with E-state index < -0.39 is 6.10 Å². The van der Waals surface area contributed by atoms with Crippen molar-refractivity contribution in [3.8, 4) is 0 Å². The summed E-state index contributed by atoms with van der Waals surface area (Å²) in [6, 6.07) is -0.311. The lowest BCUT2D eigenvalue weighted by molar-refractivity contribution is -0.151. The van der Waals surface area contributed by atoms with Gasteiger partial charge in [0.1, 0.15) is 6.04 Å². The Bertz CT molecular complexity index is 276. The molecule has 0 spiro atoms. The first-order valence-electron chi connectivity index (χ1n) is 7.56. The highest BCUT2D eigenvalue weighted by atomic mass is 16.5. The number of hydrogen-bond donors (Lipinski definition) is 2. The third-order valence-electron chi connectivity index (χ3n) is 3.31. The molecule has 0 radical (unpaired) electrons. The van der Waals surface area contributed by atoms with Gasteiger partial charge < -0.3 is 19.9 Å². The number of carbonyl (C=O) groups is 1. The Balaban J connectivity index is 2.35. The molecule has 1 heterocycles. The Morgan fingerprint density at radius 1 is 1.50 bits per heavy atom. The summed E-state index contributed by atoms with van der Waals surface area (Å²) in [7, 11) is 0. The predicted molar refractivity (Wildman–Crippen MR) is 76.6 cm³/mol. The standard InChI is InChI=1S/C14H28N2O4/c1-3-5-8-19-11-12(17)10-16-7-6-15-9-13(16)14(18)20-4-2/h12-13,15,17H,3-11H2,1-2H3. The highest BCUT2D eigenvalue weighted by Crippen LogP contribution is 2.07. The number of unbranched alkanes of at least 4 members (excludes halogenated alkanes) is 1. The van der Waals surface area contributed by atoms with Crippen molar-refractivity contribution in [3.63, 3.8) is 0 Å². The zero-order valence-electron chi connectivity index (χ0n) is 12.6. The summed E-state index contributed by atoms with van der Waals surface area (Å²) in [5, 5.41) is 13.2. The summed E-state index contributed by atoms with van der Waals surface area (Å²) in [6.07, 6.45) is 1.52. The molecule has 1 aliphatic rings. The molecule has 0 saturated carbocycles. The molecule has 6 nitrogen and oxygen atoms in total. The van der Waals surface area contributed by atoms with Crippen LogP contribution in [0.1, 0.15) is 26.7 Å². The van der Waals surface area contributed by atoms with Gasteiger partial charge in [0, 0.05) is 32.8 Å². The molecule has 0 aromatic rings. The Labute approximate surface area is 121 Å². The van der Waals surface area contributed by atoms with E-state index in [1.807, 2.05) is 4.90 Å². The number of esters is 1. The number of carbonyl (C=O) groups excluding carboxylic acids is 1. The Kier molecular flexibility index (Phi) is 8.77. The van der Waals surface area contributed by atoms with Crippen LogP contribution in [0, 0.1) is 0 Å². The average molecular weight is 288 g/mol. The van der Waals surface area contributed by atoms with Crippen LogP contribution in [0.15, 0.2) is 0 Å². The van der Waals surface area contributed by atoms with Gasteiger partial charge in [-0.1, -0.05) is 13.3 Å². The first-order chi connectivity index (χ1) is 9.69. The summed E-state index contributed by atoms with van der Waals surface area (Å²) < 4.78 is 10.5. The molecule has 2 atom stereocenters. The maximum atomic E-state index is 11.9. The molecule has 20 heavy (non-hydrogen) atoms. The summed E-state index contributed by atoms with van der Waals surface area (Å²) in [6.45, 7) is 7.84. The lowest BCUT2D eigenvalue weighted by Crippen LogP contribution is -2.57. The molecule has 0 amide bonds. The molecule has 0 aliphatic carbocycles. The number of piperazine rings is 1. The van der Waals surface area contributed by atoms with Crippen LogP contribution in [0.25, 0.3) is 0 Å². The van der Waals surface area contributed by atoms with E-state index in [0.717, 1.165) is 25.9 Å². The topological polar surface area (TPSA) is 71.0 Å². The summed E-state index contributed by atoms with van der Waals surface area (Å²) in [5.41, 5.74) is 0. The summed E-state index contributed by atoms with van der Waals surface area (Å²) >= 11 is 0. The number of aliphatic hydroxyl groups is 1. The van der Waals surface area contributed by atoms with Gasteiger partial charge in [-0.25, -0.2) is 0 Å². The van der Waals surface area contributed by atoms with Crippen molar-refractivity contribution in [2.45, 2.75) is 38.8 Å². The molecule has 2 unspecified atom stereocenters. The van der Waals surface area contributed by atoms with Crippen molar-refractivity contribution in [3.05, 3.63) is 0 Å². The molecule has 0 aromatic carbocycles. The van der Waals surface area contributed by atoms with Crippen LogP contribution in [-0.2, 0) is 14.3 Å². The first-order valence-corrected chi connectivity index (χ1v) is 7.56. The quantitative estimate of drug-likeness (QED) is 0.460. The summed E-state index contributed by atoms with van der Waals surface area (Å²) in [4.78, 5) is 13.8. The van der Waals surface area contributed by atoms with Crippen molar-refractivity contribution in [1.29, 1.82) is 0 Å². The second kappa shape index (κ2) is 10.1. The van der Waals surface area contributed by atoms with E-state index in [1.165, 1.54) is 0 Å². The van der Waals surface area contributed by atoms with Gasteiger partial charge in [-0.15, -0.1) is 0 Å². The smallest absolute Gasteiger partial charge is 0.324 e. The van der Waals surface area contributed by atoms with Gasteiger partial charge in [-0.05, 0) is 13.3 Å². The van der Waals surface area contributed by atoms with Crippen molar-refractivity contribution in [2.75, 3.05) is 46.0 Å². The molecule has 1 saturated heterocycles. The van der Waals surface area contributed by atoms with Gasteiger partial charge in [0.25, 0.3) is 0 Å². The van der Waals surface area contributed by atoms with Gasteiger partial charge in [0.2, 0.25) is 0 Å². The number of aliphatic hydroxyl groups excluding tert-OH is 1. The highest BCUT2D eigenvalue weighted by molar-refractivity contribution is 5.76. The van der Waals surface area contributed by atoms with Gasteiger partial charge in [-0.3, -0.25) is 9.69 Å². The van der Waals surface area contributed by atoms with Crippen molar-refractivity contribution < 1.29 is 19.4 Å². The van der Waals surface area contributed by atoms with Crippen LogP contribution in [-0.4, -0.2) is 74.1 Å². The second-order valence-corrected chi connectivity index (χ2v) is 5.05. The fourth-order valence-corrected chi connectivity index (χ4v) is 2.22. The lowest BCUT2D eigenvalue weighted by Gasteiger charge is -2.35. The van der Waals surface area contributed by atoms with Gasteiger partial charge in [0.05, 0.1) is 19.3 Å². The minimum atomic E-state index is -0.568. The molecule has 2 N–H and O–H groups in total. The van der Waals surface area contributed by atoms with Crippen LogP contribution in [0.4, 0.5) is 0 Å². The maximum absolute atomic E-state index is 11.9. The SMILES string of the molecule is CCCCOCC(O)CN1CCNCC1C(=O)OCC. The van der Waals surface area contributed by atoms with E-state index in [0.29, 0.717) is 32.9 Å². The molecule has 118 valence electrons. The molecule has 1 aliphatic heterocycles. The predicted octanol–water partition coefficient (Wildman–Crippen LogP) is 0.000900. The number of rotatable bonds is 9. The number of ether oxygens (including phenoxy) is 2. The van der Waals surface area contributed by atoms with Gasteiger partial charge in [-0.2, -0.15) is 0 Å². The third kappa shape index (κ3) is 6.17. The molecule has 0 aromatic heterocycles. The molecule has 1 rings (SSSR count). The molecular formula is C14H28N2O4. The average Bonchev–Trinajstić information content (AvgIpc) is 2.44. The van der Waals surface area contributed by atoms with Gasteiger partial charge >= 0.3 is 5.97 Å².